The van der Waals surface area contributed by atoms with Crippen LogP contribution < -0.4 is 4.74 Å². The first-order chi connectivity index (χ1) is 10.8. The lowest BCUT2D eigenvalue weighted by molar-refractivity contribution is -0.150. The van der Waals surface area contributed by atoms with Crippen LogP contribution in [0.15, 0.2) is 12.1 Å². The largest absolute Gasteiger partial charge is 0.481 e. The first-order valence-corrected chi connectivity index (χ1v) is 7.16. The molecule has 0 saturated heterocycles. The summed E-state index contributed by atoms with van der Waals surface area (Å²) in [7, 11) is 0. The molecule has 0 radical (unpaired) electrons. The number of hydrogen-bond donors (Lipinski definition) is 1. The Bertz CT molecular complexity index is 656. The van der Waals surface area contributed by atoms with E-state index in [1.165, 1.54) is 6.92 Å². The molecule has 0 unspecified atom stereocenters. The Morgan fingerprint density at radius 1 is 1.30 bits per heavy atom. The SMILES string of the molecule is CC(=N)[C@@H](C#N)C(=O)COC(=O)COc1c(C)cc(Cl)cc1C. The molecule has 0 amide bonds. The van der Waals surface area contributed by atoms with Gasteiger partial charge in [-0.25, -0.2) is 4.79 Å². The highest BCUT2D eigenvalue weighted by Gasteiger charge is 2.21. The predicted octanol–water partition coefficient (Wildman–Crippen LogP) is 2.63. The van der Waals surface area contributed by atoms with Gasteiger partial charge in [0, 0.05) is 10.7 Å². The summed E-state index contributed by atoms with van der Waals surface area (Å²) in [5.74, 6) is -2.02. The summed E-state index contributed by atoms with van der Waals surface area (Å²) < 4.78 is 10.2. The van der Waals surface area contributed by atoms with Crippen LogP contribution in [0, 0.1) is 36.5 Å². The summed E-state index contributed by atoms with van der Waals surface area (Å²) in [6.07, 6.45) is 0. The standard InChI is InChI=1S/C16H17ClN2O4/c1-9-4-12(17)5-10(2)16(9)23-8-15(21)22-7-14(20)13(6-18)11(3)19/h4-5,13,19H,7-8H2,1-3H3/t13-/m1/s1. The lowest BCUT2D eigenvalue weighted by Crippen LogP contribution is -2.27. The third kappa shape index (κ3) is 5.38. The van der Waals surface area contributed by atoms with E-state index in [1.54, 1.807) is 32.0 Å². The summed E-state index contributed by atoms with van der Waals surface area (Å²) in [5, 5.41) is 16.7. The second kappa shape index (κ2) is 8.30. The van der Waals surface area contributed by atoms with Crippen molar-refractivity contribution in [3.8, 4) is 11.8 Å². The van der Waals surface area contributed by atoms with Crippen molar-refractivity contribution in [3.05, 3.63) is 28.3 Å². The van der Waals surface area contributed by atoms with Gasteiger partial charge < -0.3 is 14.9 Å². The van der Waals surface area contributed by atoms with E-state index in [0.29, 0.717) is 10.8 Å². The Kier molecular flexibility index (Phi) is 6.73. The Hall–Kier alpha value is -2.39. The van der Waals surface area contributed by atoms with Crippen LogP contribution in [-0.2, 0) is 14.3 Å². The van der Waals surface area contributed by atoms with E-state index < -0.39 is 24.3 Å². The summed E-state index contributed by atoms with van der Waals surface area (Å²) in [6, 6.07) is 5.12. The van der Waals surface area contributed by atoms with Crippen molar-refractivity contribution in [2.24, 2.45) is 5.92 Å². The van der Waals surface area contributed by atoms with Crippen LogP contribution in [0.5, 0.6) is 5.75 Å². The van der Waals surface area contributed by atoms with Gasteiger partial charge in [-0.2, -0.15) is 5.26 Å². The van der Waals surface area contributed by atoms with Crippen molar-refractivity contribution in [2.45, 2.75) is 20.8 Å². The Labute approximate surface area is 139 Å². The molecule has 1 rings (SSSR count). The van der Waals surface area contributed by atoms with Crippen LogP contribution in [0.3, 0.4) is 0 Å². The summed E-state index contributed by atoms with van der Waals surface area (Å²) >= 11 is 5.91. The van der Waals surface area contributed by atoms with Gasteiger partial charge in [0.15, 0.2) is 19.0 Å². The molecule has 1 aromatic carbocycles. The van der Waals surface area contributed by atoms with Gasteiger partial charge in [0.25, 0.3) is 0 Å². The van der Waals surface area contributed by atoms with Crippen LogP contribution in [-0.4, -0.2) is 30.7 Å². The van der Waals surface area contributed by atoms with Crippen molar-refractivity contribution in [2.75, 3.05) is 13.2 Å². The molecule has 23 heavy (non-hydrogen) atoms. The molecule has 0 aliphatic heterocycles. The number of nitriles is 1. The number of benzene rings is 1. The van der Waals surface area contributed by atoms with E-state index in [2.05, 4.69) is 0 Å². The number of ketones is 1. The molecule has 0 aromatic heterocycles. The number of ether oxygens (including phenoxy) is 2. The van der Waals surface area contributed by atoms with Crippen LogP contribution in [0.2, 0.25) is 5.02 Å². The minimum atomic E-state index is -1.19. The van der Waals surface area contributed by atoms with Crippen molar-refractivity contribution < 1.29 is 19.1 Å². The predicted molar refractivity (Wildman–Crippen MR) is 84.9 cm³/mol. The van der Waals surface area contributed by atoms with Gasteiger partial charge in [-0.3, -0.25) is 4.79 Å². The summed E-state index contributed by atoms with van der Waals surface area (Å²) in [4.78, 5) is 23.3. The van der Waals surface area contributed by atoms with E-state index in [1.807, 2.05) is 0 Å². The van der Waals surface area contributed by atoms with Crippen molar-refractivity contribution >= 4 is 29.1 Å². The first kappa shape index (κ1) is 18.7. The van der Waals surface area contributed by atoms with Gasteiger partial charge in [0.05, 0.1) is 6.07 Å². The fourth-order valence-electron chi connectivity index (χ4n) is 1.94. The zero-order valence-corrected chi connectivity index (χ0v) is 13.9. The maximum atomic E-state index is 11.6. The second-order valence-electron chi connectivity index (χ2n) is 5.03. The fraction of sp³-hybridized carbons (Fsp3) is 0.375. The number of carbonyl (C=O) groups excluding carboxylic acids is 2. The number of hydrogen-bond acceptors (Lipinski definition) is 6. The van der Waals surface area contributed by atoms with Crippen LogP contribution in [0.1, 0.15) is 18.1 Å². The zero-order chi connectivity index (χ0) is 17.6. The van der Waals surface area contributed by atoms with E-state index in [0.717, 1.165) is 11.1 Å². The number of aryl methyl sites for hydroxylation is 2. The molecule has 0 aliphatic rings. The van der Waals surface area contributed by atoms with Gasteiger partial charge in [0.1, 0.15) is 11.7 Å². The Morgan fingerprint density at radius 2 is 1.87 bits per heavy atom. The molecule has 6 nitrogen and oxygen atoms in total. The van der Waals surface area contributed by atoms with Crippen molar-refractivity contribution in [3.63, 3.8) is 0 Å². The Morgan fingerprint density at radius 3 is 2.35 bits per heavy atom. The molecule has 7 heteroatoms. The maximum Gasteiger partial charge on any atom is 0.344 e. The normalized spacial score (nSPS) is 11.3. The highest BCUT2D eigenvalue weighted by atomic mass is 35.5. The third-order valence-corrected chi connectivity index (χ3v) is 3.24. The second-order valence-corrected chi connectivity index (χ2v) is 5.47. The number of halogens is 1. The molecule has 1 aromatic rings. The molecule has 0 saturated carbocycles. The van der Waals surface area contributed by atoms with Crippen LogP contribution in [0.25, 0.3) is 0 Å². The van der Waals surface area contributed by atoms with E-state index in [9.17, 15) is 9.59 Å². The van der Waals surface area contributed by atoms with Crippen LogP contribution >= 0.6 is 11.6 Å². The monoisotopic (exact) mass is 336 g/mol. The van der Waals surface area contributed by atoms with Gasteiger partial charge in [0.2, 0.25) is 0 Å². The Balaban J connectivity index is 2.55. The van der Waals surface area contributed by atoms with Gasteiger partial charge in [-0.05, 0) is 44.0 Å². The number of rotatable bonds is 7. The lowest BCUT2D eigenvalue weighted by Gasteiger charge is -2.12. The minimum Gasteiger partial charge on any atom is -0.481 e. The molecule has 1 N–H and O–H groups in total. The molecular weight excluding hydrogens is 320 g/mol. The van der Waals surface area contributed by atoms with E-state index in [4.69, 9.17) is 31.7 Å². The average molecular weight is 337 g/mol. The fourth-order valence-corrected chi connectivity index (χ4v) is 2.27. The first-order valence-electron chi connectivity index (χ1n) is 6.78. The third-order valence-electron chi connectivity index (χ3n) is 3.02. The van der Waals surface area contributed by atoms with E-state index >= 15 is 0 Å². The molecular formula is C16H17ClN2O4. The minimum absolute atomic E-state index is 0.0859. The van der Waals surface area contributed by atoms with Crippen LogP contribution in [0.4, 0.5) is 0 Å². The molecule has 0 fully saturated rings. The number of Topliss-reactive ketones (excluding diaryl/α,β-unsaturated/α-hetero) is 1. The summed E-state index contributed by atoms with van der Waals surface area (Å²) in [5.41, 5.74) is 1.47. The molecule has 0 bridgehead atoms. The topological polar surface area (TPSA) is 100 Å². The molecule has 0 spiro atoms. The number of carbonyl (C=O) groups is 2. The number of nitrogens with one attached hydrogen (secondary N) is 1. The number of esters is 1. The maximum absolute atomic E-state index is 11.6. The van der Waals surface area contributed by atoms with Gasteiger partial charge >= 0.3 is 5.97 Å². The van der Waals surface area contributed by atoms with Crippen molar-refractivity contribution in [1.29, 1.82) is 10.7 Å². The lowest BCUT2D eigenvalue weighted by atomic mass is 10.0. The molecule has 0 aliphatic carbocycles. The highest BCUT2D eigenvalue weighted by molar-refractivity contribution is 6.30. The highest BCUT2D eigenvalue weighted by Crippen LogP contribution is 2.26. The quantitative estimate of drug-likeness (QED) is 0.609. The molecule has 0 heterocycles. The van der Waals surface area contributed by atoms with Gasteiger partial charge in [-0.15, -0.1) is 0 Å². The number of nitrogens with zero attached hydrogens (tertiary/aromatic N) is 1. The zero-order valence-electron chi connectivity index (χ0n) is 13.1. The average Bonchev–Trinajstić information content (AvgIpc) is 2.44. The molecule has 1 atom stereocenters. The molecule has 122 valence electrons. The van der Waals surface area contributed by atoms with Gasteiger partial charge in [-0.1, -0.05) is 11.6 Å². The summed E-state index contributed by atoms with van der Waals surface area (Å²) in [6.45, 7) is 4.02. The van der Waals surface area contributed by atoms with Crippen molar-refractivity contribution in [1.82, 2.24) is 0 Å². The van der Waals surface area contributed by atoms with E-state index in [-0.39, 0.29) is 12.3 Å². The smallest absolute Gasteiger partial charge is 0.344 e.